The van der Waals surface area contributed by atoms with E-state index in [1.807, 2.05) is 19.0 Å². The topological polar surface area (TPSA) is 78.4 Å². The fourth-order valence-corrected chi connectivity index (χ4v) is 2.79. The molecule has 0 amide bonds. The predicted octanol–water partition coefficient (Wildman–Crippen LogP) is 2.38. The third kappa shape index (κ3) is 3.83. The molecule has 1 saturated carbocycles. The molecule has 0 saturated heterocycles. The third-order valence-corrected chi connectivity index (χ3v) is 4.17. The molecule has 0 radical (unpaired) electrons. The van der Waals surface area contributed by atoms with E-state index >= 15 is 0 Å². The molecule has 1 aliphatic carbocycles. The highest BCUT2D eigenvalue weighted by molar-refractivity contribution is 5.75. The number of nitrogens with zero attached hydrogens (tertiary/aromatic N) is 3. The summed E-state index contributed by atoms with van der Waals surface area (Å²) in [5.74, 6) is 0.600. The Labute approximate surface area is 125 Å². The van der Waals surface area contributed by atoms with E-state index in [2.05, 4.69) is 15.3 Å². The molecule has 0 aliphatic heterocycles. The molecule has 1 aromatic rings. The van der Waals surface area contributed by atoms with Crippen molar-refractivity contribution in [1.82, 2.24) is 9.97 Å². The highest BCUT2D eigenvalue weighted by Gasteiger charge is 2.38. The van der Waals surface area contributed by atoms with Crippen molar-refractivity contribution in [3.8, 4) is 0 Å². The van der Waals surface area contributed by atoms with Gasteiger partial charge in [-0.05, 0) is 18.9 Å². The Kier molecular flexibility index (Phi) is 4.98. The Balaban J connectivity index is 2.08. The van der Waals surface area contributed by atoms with Crippen LogP contribution in [0, 0.1) is 5.41 Å². The zero-order valence-electron chi connectivity index (χ0n) is 12.8. The Bertz CT molecular complexity index is 482. The van der Waals surface area contributed by atoms with Crippen molar-refractivity contribution < 1.29 is 9.90 Å². The number of anilines is 2. The molecular formula is C15H24N4O2. The minimum Gasteiger partial charge on any atom is -0.481 e. The molecule has 116 valence electrons. The van der Waals surface area contributed by atoms with Gasteiger partial charge >= 0.3 is 5.97 Å². The molecule has 6 nitrogen and oxygen atoms in total. The first kappa shape index (κ1) is 15.5. The standard InChI is InChI=1S/C15H24N4O2/c1-19(2)14-16-10-7-12(18-14)17-11-15(13(20)21)8-5-3-4-6-9-15/h7,10H,3-6,8-9,11H2,1-2H3,(H,20,21)(H,16,17,18). The molecule has 2 rings (SSSR count). The number of carboxylic acids is 1. The van der Waals surface area contributed by atoms with Crippen molar-refractivity contribution in [2.24, 2.45) is 5.41 Å². The molecule has 1 aliphatic rings. The van der Waals surface area contributed by atoms with E-state index in [1.165, 1.54) is 0 Å². The summed E-state index contributed by atoms with van der Waals surface area (Å²) in [6.07, 6.45) is 7.40. The lowest BCUT2D eigenvalue weighted by molar-refractivity contribution is -0.149. The molecule has 0 unspecified atom stereocenters. The lowest BCUT2D eigenvalue weighted by Crippen LogP contribution is -2.37. The van der Waals surface area contributed by atoms with Gasteiger partial charge in [0.2, 0.25) is 5.95 Å². The number of carboxylic acid groups (broad SMARTS) is 1. The molecule has 0 aromatic carbocycles. The van der Waals surface area contributed by atoms with Crippen molar-refractivity contribution in [2.45, 2.75) is 38.5 Å². The SMILES string of the molecule is CN(C)c1nccc(NCC2(C(=O)O)CCCCCC2)n1. The highest BCUT2D eigenvalue weighted by Crippen LogP contribution is 2.35. The number of nitrogens with one attached hydrogen (secondary N) is 1. The quantitative estimate of drug-likeness (QED) is 0.811. The van der Waals surface area contributed by atoms with Crippen LogP contribution >= 0.6 is 0 Å². The van der Waals surface area contributed by atoms with E-state index in [1.54, 1.807) is 12.3 Å². The number of carbonyl (C=O) groups is 1. The van der Waals surface area contributed by atoms with Gasteiger partial charge in [0, 0.05) is 26.8 Å². The fourth-order valence-electron chi connectivity index (χ4n) is 2.79. The van der Waals surface area contributed by atoms with Crippen molar-refractivity contribution in [3.05, 3.63) is 12.3 Å². The molecule has 1 fully saturated rings. The summed E-state index contributed by atoms with van der Waals surface area (Å²) in [4.78, 5) is 22.1. The maximum absolute atomic E-state index is 11.7. The molecule has 1 aromatic heterocycles. The molecule has 0 bridgehead atoms. The number of aromatic nitrogens is 2. The average Bonchev–Trinajstić information content (AvgIpc) is 2.72. The van der Waals surface area contributed by atoms with Crippen molar-refractivity contribution in [2.75, 3.05) is 30.9 Å². The largest absolute Gasteiger partial charge is 0.481 e. The third-order valence-electron chi connectivity index (χ3n) is 4.17. The second-order valence-electron chi connectivity index (χ2n) is 5.99. The summed E-state index contributed by atoms with van der Waals surface area (Å²) in [6.45, 7) is 0.423. The lowest BCUT2D eigenvalue weighted by atomic mass is 9.80. The zero-order valence-corrected chi connectivity index (χ0v) is 12.8. The average molecular weight is 292 g/mol. The van der Waals surface area contributed by atoms with E-state index in [-0.39, 0.29) is 0 Å². The molecule has 0 spiro atoms. The van der Waals surface area contributed by atoms with Crippen LogP contribution < -0.4 is 10.2 Å². The summed E-state index contributed by atoms with van der Waals surface area (Å²) < 4.78 is 0. The second kappa shape index (κ2) is 6.74. The maximum atomic E-state index is 11.7. The molecule has 2 N–H and O–H groups in total. The summed E-state index contributed by atoms with van der Waals surface area (Å²) in [6, 6.07) is 1.78. The maximum Gasteiger partial charge on any atom is 0.311 e. The Hall–Kier alpha value is -1.85. The van der Waals surface area contributed by atoms with Crippen molar-refractivity contribution in [1.29, 1.82) is 0 Å². The zero-order chi connectivity index (χ0) is 15.3. The van der Waals surface area contributed by atoms with Crippen LogP contribution in [0.25, 0.3) is 0 Å². The number of aliphatic carboxylic acids is 1. The molecule has 21 heavy (non-hydrogen) atoms. The highest BCUT2D eigenvalue weighted by atomic mass is 16.4. The van der Waals surface area contributed by atoms with E-state index in [9.17, 15) is 9.90 Å². The summed E-state index contributed by atoms with van der Waals surface area (Å²) in [5.41, 5.74) is -0.667. The van der Waals surface area contributed by atoms with E-state index in [4.69, 9.17) is 0 Å². The minimum atomic E-state index is -0.696. The van der Waals surface area contributed by atoms with Gasteiger partial charge in [-0.15, -0.1) is 0 Å². The van der Waals surface area contributed by atoms with Crippen molar-refractivity contribution >= 4 is 17.7 Å². The fraction of sp³-hybridized carbons (Fsp3) is 0.667. The normalized spacial score (nSPS) is 17.8. The number of hydrogen-bond donors (Lipinski definition) is 2. The number of hydrogen-bond acceptors (Lipinski definition) is 5. The van der Waals surface area contributed by atoms with E-state index in [0.717, 1.165) is 38.5 Å². The molecule has 1 heterocycles. The lowest BCUT2D eigenvalue weighted by Gasteiger charge is -2.28. The van der Waals surface area contributed by atoms with Crippen LogP contribution in [-0.4, -0.2) is 41.7 Å². The summed E-state index contributed by atoms with van der Waals surface area (Å²) >= 11 is 0. The van der Waals surface area contributed by atoms with Gasteiger partial charge in [-0.25, -0.2) is 4.98 Å². The van der Waals surface area contributed by atoms with Crippen LogP contribution in [0.15, 0.2) is 12.3 Å². The van der Waals surface area contributed by atoms with Crippen LogP contribution in [0.3, 0.4) is 0 Å². The van der Waals surface area contributed by atoms with Gasteiger partial charge in [0.15, 0.2) is 0 Å². The van der Waals surface area contributed by atoms with Crippen LogP contribution in [0.5, 0.6) is 0 Å². The van der Waals surface area contributed by atoms with Gasteiger partial charge in [-0.1, -0.05) is 25.7 Å². The first-order valence-electron chi connectivity index (χ1n) is 7.51. The van der Waals surface area contributed by atoms with Crippen molar-refractivity contribution in [3.63, 3.8) is 0 Å². The van der Waals surface area contributed by atoms with E-state index in [0.29, 0.717) is 18.3 Å². The monoisotopic (exact) mass is 292 g/mol. The smallest absolute Gasteiger partial charge is 0.311 e. The van der Waals surface area contributed by atoms with Gasteiger partial charge in [-0.3, -0.25) is 4.79 Å². The summed E-state index contributed by atoms with van der Waals surface area (Å²) in [5, 5.41) is 12.9. The Morgan fingerprint density at radius 3 is 2.57 bits per heavy atom. The predicted molar refractivity (Wildman–Crippen MR) is 82.6 cm³/mol. The van der Waals surface area contributed by atoms with Gasteiger partial charge in [-0.2, -0.15) is 4.98 Å². The summed E-state index contributed by atoms with van der Waals surface area (Å²) in [7, 11) is 3.76. The van der Waals surface area contributed by atoms with Crippen LogP contribution in [0.2, 0.25) is 0 Å². The molecule has 0 atom stereocenters. The van der Waals surface area contributed by atoms with Crippen LogP contribution in [-0.2, 0) is 4.79 Å². The van der Waals surface area contributed by atoms with Gasteiger partial charge in [0.05, 0.1) is 5.41 Å². The minimum absolute atomic E-state index is 0.423. The van der Waals surface area contributed by atoms with Gasteiger partial charge in [0.1, 0.15) is 5.82 Å². The van der Waals surface area contributed by atoms with Gasteiger partial charge in [0.25, 0.3) is 0 Å². The second-order valence-corrected chi connectivity index (χ2v) is 5.99. The van der Waals surface area contributed by atoms with Crippen LogP contribution in [0.1, 0.15) is 38.5 Å². The molecule has 6 heteroatoms. The first-order valence-corrected chi connectivity index (χ1v) is 7.51. The van der Waals surface area contributed by atoms with Crippen LogP contribution in [0.4, 0.5) is 11.8 Å². The molecular weight excluding hydrogens is 268 g/mol. The van der Waals surface area contributed by atoms with Gasteiger partial charge < -0.3 is 15.3 Å². The van der Waals surface area contributed by atoms with E-state index < -0.39 is 11.4 Å². The Morgan fingerprint density at radius 2 is 2.00 bits per heavy atom. The first-order chi connectivity index (χ1) is 10.0. The Morgan fingerprint density at radius 1 is 1.33 bits per heavy atom. The number of rotatable bonds is 5.